The van der Waals surface area contributed by atoms with E-state index < -0.39 is 11.7 Å². The maximum absolute atomic E-state index is 13.3. The van der Waals surface area contributed by atoms with E-state index in [0.717, 1.165) is 0 Å². The molecule has 0 fully saturated rings. The Balaban J connectivity index is 1.58. The van der Waals surface area contributed by atoms with Crippen LogP contribution in [0, 0.1) is 5.82 Å². The fraction of sp³-hybridized carbons (Fsp3) is 0.250. The van der Waals surface area contributed by atoms with Crippen molar-refractivity contribution in [2.75, 3.05) is 23.7 Å². The highest BCUT2D eigenvalue weighted by molar-refractivity contribution is 6.01. The van der Waals surface area contributed by atoms with E-state index in [-0.39, 0.29) is 18.2 Å². The van der Waals surface area contributed by atoms with Crippen molar-refractivity contribution in [2.45, 2.75) is 12.3 Å². The zero-order chi connectivity index (χ0) is 16.9. The lowest BCUT2D eigenvalue weighted by Crippen LogP contribution is -2.37. The number of hydrogen-bond acceptors (Lipinski definition) is 5. The number of halogens is 1. The minimum Gasteiger partial charge on any atom is -0.354 e. The Morgan fingerprint density at radius 3 is 2.88 bits per heavy atom. The summed E-state index contributed by atoms with van der Waals surface area (Å²) in [5.41, 5.74) is 0.968. The molecular formula is C16H16FN5O2. The zero-order valence-electron chi connectivity index (χ0n) is 12.8. The molecule has 0 aliphatic carbocycles. The van der Waals surface area contributed by atoms with E-state index in [1.54, 1.807) is 18.5 Å². The molecule has 0 saturated carbocycles. The maximum Gasteiger partial charge on any atom is 0.228 e. The fourth-order valence-corrected chi connectivity index (χ4v) is 2.54. The van der Waals surface area contributed by atoms with Gasteiger partial charge in [-0.3, -0.25) is 9.59 Å². The van der Waals surface area contributed by atoms with Crippen molar-refractivity contribution in [1.29, 1.82) is 0 Å². The first-order chi connectivity index (χ1) is 11.6. The predicted octanol–water partition coefficient (Wildman–Crippen LogP) is 1.27. The molecular weight excluding hydrogens is 313 g/mol. The van der Waals surface area contributed by atoms with Crippen molar-refractivity contribution in [2.24, 2.45) is 0 Å². The van der Waals surface area contributed by atoms with Crippen molar-refractivity contribution >= 4 is 23.5 Å². The molecule has 124 valence electrons. The van der Waals surface area contributed by atoms with Crippen LogP contribution in [0.3, 0.4) is 0 Å². The number of nitrogens with zero attached hydrogens (tertiary/aromatic N) is 2. The Bertz CT molecular complexity index is 753. The van der Waals surface area contributed by atoms with Gasteiger partial charge in [-0.15, -0.1) is 0 Å². The molecule has 3 rings (SSSR count). The summed E-state index contributed by atoms with van der Waals surface area (Å²) in [6.45, 7) is 0.802. The highest BCUT2D eigenvalue weighted by atomic mass is 19.1. The van der Waals surface area contributed by atoms with Gasteiger partial charge in [0.2, 0.25) is 17.8 Å². The van der Waals surface area contributed by atoms with E-state index in [9.17, 15) is 14.0 Å². The topological polar surface area (TPSA) is 96.0 Å². The molecule has 2 aromatic rings. The van der Waals surface area contributed by atoms with E-state index in [1.807, 2.05) is 0 Å². The summed E-state index contributed by atoms with van der Waals surface area (Å²) in [5.74, 6) is -1.17. The van der Waals surface area contributed by atoms with Crippen molar-refractivity contribution in [3.8, 4) is 0 Å². The van der Waals surface area contributed by atoms with E-state index in [0.29, 0.717) is 30.3 Å². The summed E-state index contributed by atoms with van der Waals surface area (Å²) in [7, 11) is 0. The molecule has 1 aliphatic rings. The van der Waals surface area contributed by atoms with Crippen LogP contribution in [0.4, 0.5) is 16.0 Å². The van der Waals surface area contributed by atoms with Crippen molar-refractivity contribution < 1.29 is 14.0 Å². The molecule has 1 atom stereocenters. The number of amides is 2. The molecule has 2 amide bonds. The number of carbonyl (C=O) groups is 2. The number of rotatable bonds is 5. The van der Waals surface area contributed by atoms with Gasteiger partial charge in [0.15, 0.2) is 0 Å². The molecule has 0 spiro atoms. The number of anilines is 2. The highest BCUT2D eigenvalue weighted by Gasteiger charge is 2.30. The van der Waals surface area contributed by atoms with E-state index in [2.05, 4.69) is 25.9 Å². The zero-order valence-corrected chi connectivity index (χ0v) is 12.8. The molecule has 24 heavy (non-hydrogen) atoms. The molecule has 1 aromatic carbocycles. The Morgan fingerprint density at radius 1 is 1.29 bits per heavy atom. The standard InChI is InChI=1S/C16H16FN5O2/c17-10-2-3-11-12(9-14(23)22-13(11)8-10)15(24)18-6-7-21-16-19-4-1-5-20-16/h1-5,8,12H,6-7,9H2,(H,18,24)(H,22,23)(H,19,20,21). The summed E-state index contributed by atoms with van der Waals surface area (Å²) in [4.78, 5) is 32.1. The Hall–Kier alpha value is -3.03. The van der Waals surface area contributed by atoms with Gasteiger partial charge < -0.3 is 16.0 Å². The van der Waals surface area contributed by atoms with Crippen molar-refractivity contribution in [1.82, 2.24) is 15.3 Å². The van der Waals surface area contributed by atoms with Gasteiger partial charge in [-0.05, 0) is 23.8 Å². The smallest absolute Gasteiger partial charge is 0.228 e. The number of fused-ring (bicyclic) bond motifs is 1. The maximum atomic E-state index is 13.3. The lowest BCUT2D eigenvalue weighted by Gasteiger charge is -2.24. The first-order valence-electron chi connectivity index (χ1n) is 7.51. The molecule has 1 aromatic heterocycles. The van der Waals surface area contributed by atoms with Crippen LogP contribution in [0.1, 0.15) is 17.9 Å². The third kappa shape index (κ3) is 3.65. The summed E-state index contributed by atoms with van der Waals surface area (Å²) in [6.07, 6.45) is 3.27. The number of hydrogen-bond donors (Lipinski definition) is 3. The van der Waals surface area contributed by atoms with Crippen LogP contribution in [0.25, 0.3) is 0 Å². The van der Waals surface area contributed by atoms with Crippen molar-refractivity contribution in [3.63, 3.8) is 0 Å². The fourth-order valence-electron chi connectivity index (χ4n) is 2.54. The van der Waals surface area contributed by atoms with Gasteiger partial charge in [0.25, 0.3) is 0 Å². The van der Waals surface area contributed by atoms with Gasteiger partial charge in [-0.25, -0.2) is 14.4 Å². The minimum absolute atomic E-state index is 0.0414. The number of aromatic nitrogens is 2. The van der Waals surface area contributed by atoms with Gasteiger partial charge in [-0.1, -0.05) is 6.07 Å². The molecule has 1 aliphatic heterocycles. The van der Waals surface area contributed by atoms with Crippen LogP contribution in [-0.2, 0) is 9.59 Å². The van der Waals surface area contributed by atoms with E-state index >= 15 is 0 Å². The Labute approximate surface area is 137 Å². The molecule has 0 radical (unpaired) electrons. The van der Waals surface area contributed by atoms with Gasteiger partial charge in [0.05, 0.1) is 5.92 Å². The Kier molecular flexibility index (Phi) is 4.64. The van der Waals surface area contributed by atoms with Gasteiger partial charge >= 0.3 is 0 Å². The van der Waals surface area contributed by atoms with Gasteiger partial charge in [0, 0.05) is 37.6 Å². The number of carbonyl (C=O) groups excluding carboxylic acids is 2. The average molecular weight is 329 g/mol. The summed E-state index contributed by atoms with van der Waals surface area (Å²) < 4.78 is 13.3. The molecule has 7 nitrogen and oxygen atoms in total. The second-order valence-electron chi connectivity index (χ2n) is 5.33. The average Bonchev–Trinajstić information content (AvgIpc) is 2.58. The molecule has 0 bridgehead atoms. The predicted molar refractivity (Wildman–Crippen MR) is 85.9 cm³/mol. The van der Waals surface area contributed by atoms with Gasteiger partial charge in [0.1, 0.15) is 5.82 Å². The molecule has 8 heteroatoms. The van der Waals surface area contributed by atoms with Gasteiger partial charge in [-0.2, -0.15) is 0 Å². The highest BCUT2D eigenvalue weighted by Crippen LogP contribution is 2.32. The normalized spacial score (nSPS) is 16.0. The van der Waals surface area contributed by atoms with Crippen molar-refractivity contribution in [3.05, 3.63) is 48.0 Å². The molecule has 0 saturated heterocycles. The molecule has 3 N–H and O–H groups in total. The number of benzene rings is 1. The third-order valence-electron chi connectivity index (χ3n) is 3.64. The third-order valence-corrected chi connectivity index (χ3v) is 3.64. The minimum atomic E-state index is -0.623. The monoisotopic (exact) mass is 329 g/mol. The van der Waals surface area contributed by atoms with Crippen LogP contribution in [-0.4, -0.2) is 34.9 Å². The summed E-state index contributed by atoms with van der Waals surface area (Å²) >= 11 is 0. The summed E-state index contributed by atoms with van der Waals surface area (Å²) in [5, 5.41) is 8.33. The lowest BCUT2D eigenvalue weighted by atomic mass is 9.89. The van der Waals surface area contributed by atoms with Crippen LogP contribution >= 0.6 is 0 Å². The SMILES string of the molecule is O=C1CC(C(=O)NCCNc2ncccn2)c2ccc(F)cc2N1. The van der Waals surface area contributed by atoms with Crippen LogP contribution in [0.15, 0.2) is 36.7 Å². The first kappa shape index (κ1) is 15.9. The quantitative estimate of drug-likeness (QED) is 0.718. The lowest BCUT2D eigenvalue weighted by molar-refractivity contribution is -0.126. The van der Waals surface area contributed by atoms with Crippen LogP contribution in [0.5, 0.6) is 0 Å². The van der Waals surface area contributed by atoms with Crippen LogP contribution < -0.4 is 16.0 Å². The van der Waals surface area contributed by atoms with E-state index in [4.69, 9.17) is 0 Å². The van der Waals surface area contributed by atoms with Crippen LogP contribution in [0.2, 0.25) is 0 Å². The second-order valence-corrected chi connectivity index (χ2v) is 5.33. The second kappa shape index (κ2) is 7.03. The first-order valence-corrected chi connectivity index (χ1v) is 7.51. The van der Waals surface area contributed by atoms with E-state index in [1.165, 1.54) is 18.2 Å². The largest absolute Gasteiger partial charge is 0.354 e. The Morgan fingerprint density at radius 2 is 2.08 bits per heavy atom. The molecule has 2 heterocycles. The molecule has 1 unspecified atom stereocenters. The summed E-state index contributed by atoms with van der Waals surface area (Å²) in [6, 6.07) is 5.75. The number of nitrogens with one attached hydrogen (secondary N) is 3.